The van der Waals surface area contributed by atoms with E-state index in [0.29, 0.717) is 19.6 Å². The van der Waals surface area contributed by atoms with Crippen LogP contribution in [-0.4, -0.2) is 49.0 Å². The summed E-state index contributed by atoms with van der Waals surface area (Å²) in [5.74, 6) is 0.138. The third kappa shape index (κ3) is 7.04. The van der Waals surface area contributed by atoms with Gasteiger partial charge in [0.2, 0.25) is 0 Å². The Morgan fingerprint density at radius 2 is 1.86 bits per heavy atom. The molecule has 2 atom stereocenters. The summed E-state index contributed by atoms with van der Waals surface area (Å²) in [6.45, 7) is 12.0. The number of nitrogens with zero attached hydrogens (tertiary/aromatic N) is 1. The third-order valence-corrected chi connectivity index (χ3v) is 6.07. The van der Waals surface area contributed by atoms with Crippen molar-refractivity contribution in [1.29, 1.82) is 0 Å². The molecule has 0 N–H and O–H groups in total. The number of Topliss-reactive ketones (excluding diaryl/α,β-unsaturated/α-hetero) is 1. The quantitative estimate of drug-likeness (QED) is 0.316. The summed E-state index contributed by atoms with van der Waals surface area (Å²) >= 11 is 0. The van der Waals surface area contributed by atoms with E-state index in [4.69, 9.17) is 4.74 Å². The van der Waals surface area contributed by atoms with Crippen LogP contribution in [0.15, 0.2) is 18.2 Å². The van der Waals surface area contributed by atoms with Crippen LogP contribution in [0.3, 0.4) is 0 Å². The van der Waals surface area contributed by atoms with Gasteiger partial charge in [0.05, 0.1) is 26.2 Å². The average Bonchev–Trinajstić information content (AvgIpc) is 2.65. The molecule has 0 bridgehead atoms. The van der Waals surface area contributed by atoms with Gasteiger partial charge in [0, 0.05) is 39.1 Å². The van der Waals surface area contributed by atoms with Crippen molar-refractivity contribution in [3.05, 3.63) is 34.9 Å². The van der Waals surface area contributed by atoms with Crippen LogP contribution in [0.25, 0.3) is 0 Å². The molecule has 2 unspecified atom stereocenters. The Labute approximate surface area is 195 Å². The molecular formula is C23H36NO3Y+. The molecule has 5 heteroatoms. The van der Waals surface area contributed by atoms with Gasteiger partial charge in [0.25, 0.3) is 0 Å². The van der Waals surface area contributed by atoms with E-state index in [1.807, 2.05) is 6.07 Å². The van der Waals surface area contributed by atoms with Gasteiger partial charge < -0.3 is 9.22 Å². The molecule has 1 heterocycles. The van der Waals surface area contributed by atoms with Crippen molar-refractivity contribution < 1.29 is 51.5 Å². The Bertz CT molecular complexity index is 641. The van der Waals surface area contributed by atoms with Crippen molar-refractivity contribution in [2.45, 2.75) is 59.8 Å². The number of ether oxygens (including phenoxy) is 1. The van der Waals surface area contributed by atoms with Crippen LogP contribution in [0.1, 0.15) is 56.2 Å². The Kier molecular flexibility index (Phi) is 11.1. The summed E-state index contributed by atoms with van der Waals surface area (Å²) < 4.78 is 6.18. The molecule has 1 aliphatic heterocycles. The summed E-state index contributed by atoms with van der Waals surface area (Å²) in [4.78, 5) is 25.3. The second-order valence-corrected chi connectivity index (χ2v) is 8.17. The Morgan fingerprint density at radius 3 is 2.46 bits per heavy atom. The molecule has 1 fully saturated rings. The number of hydrogen-bond donors (Lipinski definition) is 0. The molecule has 0 amide bonds. The van der Waals surface area contributed by atoms with E-state index in [-0.39, 0.29) is 50.4 Å². The number of aryl methyl sites for hydroxylation is 2. The van der Waals surface area contributed by atoms with Crippen LogP contribution in [0.5, 0.6) is 0 Å². The smallest absolute Gasteiger partial charge is 0.314 e. The Hall–Kier alpha value is -0.576. The van der Waals surface area contributed by atoms with Crippen LogP contribution in [0.4, 0.5) is 0 Å². The molecule has 1 aromatic carbocycles. The van der Waals surface area contributed by atoms with E-state index in [0.717, 1.165) is 55.4 Å². The van der Waals surface area contributed by atoms with Gasteiger partial charge in [-0.05, 0) is 56.7 Å². The van der Waals surface area contributed by atoms with Crippen molar-refractivity contribution in [3.63, 3.8) is 0 Å². The summed E-state index contributed by atoms with van der Waals surface area (Å²) in [5.41, 5.74) is 3.52. The number of likely N-dealkylation sites (tertiary alicyclic amines) is 1. The van der Waals surface area contributed by atoms with Gasteiger partial charge >= 0.3 is 5.97 Å². The SMILES string of the molecule is CCCCOC(=O)C1CCC[N+](CC)(CC(=O)Cc2c(C)cccc2C)C1.[Y]. The fourth-order valence-corrected chi connectivity index (χ4v) is 4.25. The summed E-state index contributed by atoms with van der Waals surface area (Å²) in [6, 6.07) is 6.18. The topological polar surface area (TPSA) is 43.4 Å². The number of ketones is 1. The van der Waals surface area contributed by atoms with Gasteiger partial charge in [-0.2, -0.15) is 0 Å². The number of benzene rings is 1. The molecule has 1 aliphatic rings. The van der Waals surface area contributed by atoms with Crippen LogP contribution < -0.4 is 0 Å². The van der Waals surface area contributed by atoms with Crippen molar-refractivity contribution in [2.24, 2.45) is 5.92 Å². The molecule has 153 valence electrons. The zero-order valence-electron chi connectivity index (χ0n) is 18.1. The second-order valence-electron chi connectivity index (χ2n) is 8.17. The van der Waals surface area contributed by atoms with Gasteiger partial charge in [-0.25, -0.2) is 0 Å². The van der Waals surface area contributed by atoms with E-state index in [2.05, 4.69) is 39.8 Å². The first-order valence-corrected chi connectivity index (χ1v) is 10.5. The van der Waals surface area contributed by atoms with Crippen LogP contribution in [0, 0.1) is 19.8 Å². The molecule has 0 spiro atoms. The number of likely N-dealkylation sites (N-methyl/N-ethyl adjacent to an activating group) is 1. The predicted octanol–water partition coefficient (Wildman–Crippen LogP) is 4.00. The van der Waals surface area contributed by atoms with Gasteiger partial charge in [0.15, 0.2) is 5.78 Å². The minimum absolute atomic E-state index is 0. The standard InChI is InChI=1S/C23H36NO3.Y/c1-5-7-14-27-23(26)20-12-9-13-24(6-2,16-20)17-21(25)15-22-18(3)10-8-11-19(22)4;/h8,10-11,20H,5-7,9,12-17H2,1-4H3;/q+1;. The fourth-order valence-electron chi connectivity index (χ4n) is 4.25. The van der Waals surface area contributed by atoms with E-state index < -0.39 is 0 Å². The zero-order chi connectivity index (χ0) is 19.9. The first-order valence-electron chi connectivity index (χ1n) is 10.5. The number of rotatable bonds is 9. The van der Waals surface area contributed by atoms with E-state index in [1.165, 1.54) is 11.1 Å². The molecule has 4 nitrogen and oxygen atoms in total. The zero-order valence-corrected chi connectivity index (χ0v) is 21.0. The van der Waals surface area contributed by atoms with E-state index >= 15 is 0 Å². The number of unbranched alkanes of at least 4 members (excludes halogenated alkanes) is 1. The van der Waals surface area contributed by atoms with E-state index in [9.17, 15) is 9.59 Å². The molecule has 1 saturated heterocycles. The molecule has 0 aromatic heterocycles. The summed E-state index contributed by atoms with van der Waals surface area (Å²) in [5, 5.41) is 0. The fraction of sp³-hybridized carbons (Fsp3) is 0.652. The largest absolute Gasteiger partial charge is 0.465 e. The number of esters is 1. The summed E-state index contributed by atoms with van der Waals surface area (Å²) in [7, 11) is 0. The molecule has 0 aliphatic carbocycles. The maximum absolute atomic E-state index is 12.9. The maximum Gasteiger partial charge on any atom is 0.314 e. The van der Waals surface area contributed by atoms with Crippen molar-refractivity contribution in [3.8, 4) is 0 Å². The second kappa shape index (κ2) is 12.2. The van der Waals surface area contributed by atoms with Crippen LogP contribution in [0.2, 0.25) is 0 Å². The normalized spacial score (nSPS) is 21.6. The molecule has 1 aromatic rings. The van der Waals surface area contributed by atoms with Crippen LogP contribution >= 0.6 is 0 Å². The summed E-state index contributed by atoms with van der Waals surface area (Å²) in [6.07, 6.45) is 4.30. The maximum atomic E-state index is 12.9. The Morgan fingerprint density at radius 1 is 1.18 bits per heavy atom. The average molecular weight is 463 g/mol. The molecule has 2 rings (SSSR count). The minimum atomic E-state index is -0.0682. The van der Waals surface area contributed by atoms with Crippen molar-refractivity contribution in [1.82, 2.24) is 0 Å². The third-order valence-electron chi connectivity index (χ3n) is 6.07. The number of hydrogen-bond acceptors (Lipinski definition) is 3. The number of quaternary nitrogens is 1. The van der Waals surface area contributed by atoms with Crippen LogP contribution in [-0.2, 0) is 53.5 Å². The monoisotopic (exact) mass is 463 g/mol. The molecule has 0 saturated carbocycles. The molecule has 28 heavy (non-hydrogen) atoms. The number of carbonyl (C=O) groups excluding carboxylic acids is 2. The van der Waals surface area contributed by atoms with Gasteiger partial charge in [-0.15, -0.1) is 0 Å². The first kappa shape index (κ1) is 25.5. The predicted molar refractivity (Wildman–Crippen MR) is 109 cm³/mol. The molecule has 1 radical (unpaired) electrons. The minimum Gasteiger partial charge on any atom is -0.465 e. The van der Waals surface area contributed by atoms with Crippen molar-refractivity contribution >= 4 is 11.8 Å². The Balaban J connectivity index is 0.00000392. The van der Waals surface area contributed by atoms with Gasteiger partial charge in [-0.3, -0.25) is 9.59 Å². The molecular weight excluding hydrogens is 427 g/mol. The first-order chi connectivity index (χ1) is 12.9. The number of carbonyl (C=O) groups is 2. The van der Waals surface area contributed by atoms with E-state index in [1.54, 1.807) is 0 Å². The van der Waals surface area contributed by atoms with Gasteiger partial charge in [0.1, 0.15) is 12.5 Å². The van der Waals surface area contributed by atoms with Crippen molar-refractivity contribution in [2.75, 3.05) is 32.8 Å². The number of piperidine rings is 1. The van der Waals surface area contributed by atoms with Gasteiger partial charge in [-0.1, -0.05) is 31.5 Å².